The number of halogens is 1. The molecule has 0 aliphatic heterocycles. The van der Waals surface area contributed by atoms with Crippen molar-refractivity contribution in [3.8, 4) is 0 Å². The molecule has 2 aromatic rings. The van der Waals surface area contributed by atoms with Crippen LogP contribution in [0.5, 0.6) is 0 Å². The van der Waals surface area contributed by atoms with E-state index in [1.165, 1.54) is 6.33 Å². The molecule has 5 heteroatoms. The number of hydrogen-bond acceptors (Lipinski definition) is 3. The molecule has 0 aliphatic carbocycles. The highest BCUT2D eigenvalue weighted by molar-refractivity contribution is 6.30. The van der Waals surface area contributed by atoms with Gasteiger partial charge in [-0.25, -0.2) is 9.67 Å². The lowest BCUT2D eigenvalue weighted by Gasteiger charge is -2.27. The maximum Gasteiger partial charge on any atom is 0.138 e. The van der Waals surface area contributed by atoms with Gasteiger partial charge < -0.3 is 5.11 Å². The quantitative estimate of drug-likeness (QED) is 0.943. The van der Waals surface area contributed by atoms with Gasteiger partial charge >= 0.3 is 0 Å². The number of hydrogen-bond donors (Lipinski definition) is 1. The molecule has 1 aromatic carbocycles. The van der Waals surface area contributed by atoms with Crippen molar-refractivity contribution in [2.75, 3.05) is 0 Å². The smallest absolute Gasteiger partial charge is 0.138 e. The lowest BCUT2D eigenvalue weighted by atomic mass is 9.86. The molecular weight excluding hydrogens is 274 g/mol. The highest BCUT2D eigenvalue weighted by Crippen LogP contribution is 2.28. The number of aromatic nitrogens is 3. The first kappa shape index (κ1) is 14.8. The van der Waals surface area contributed by atoms with Gasteiger partial charge in [0.05, 0.1) is 5.70 Å². The Morgan fingerprint density at radius 2 is 1.95 bits per heavy atom. The summed E-state index contributed by atoms with van der Waals surface area (Å²) in [4.78, 5) is 3.94. The zero-order chi connectivity index (χ0) is 14.8. The van der Waals surface area contributed by atoms with Crippen molar-refractivity contribution in [3.05, 3.63) is 47.5 Å². The summed E-state index contributed by atoms with van der Waals surface area (Å²) in [7, 11) is 0. The van der Waals surface area contributed by atoms with Crippen molar-refractivity contribution in [1.82, 2.24) is 14.8 Å². The van der Waals surface area contributed by atoms with Crippen molar-refractivity contribution >= 4 is 23.4 Å². The van der Waals surface area contributed by atoms with Gasteiger partial charge in [0.1, 0.15) is 18.8 Å². The van der Waals surface area contributed by atoms with Gasteiger partial charge in [0, 0.05) is 5.02 Å². The summed E-state index contributed by atoms with van der Waals surface area (Å²) in [5, 5.41) is 15.3. The van der Waals surface area contributed by atoms with Gasteiger partial charge in [0.25, 0.3) is 0 Å². The lowest BCUT2D eigenvalue weighted by molar-refractivity contribution is 0.109. The fourth-order valence-corrected chi connectivity index (χ4v) is 1.91. The van der Waals surface area contributed by atoms with Gasteiger partial charge in [-0.1, -0.05) is 44.5 Å². The number of aliphatic hydroxyl groups excluding tert-OH is 1. The Hall–Kier alpha value is -1.65. The first-order valence-corrected chi connectivity index (χ1v) is 6.76. The van der Waals surface area contributed by atoms with E-state index < -0.39 is 6.10 Å². The molecule has 0 saturated carbocycles. The minimum absolute atomic E-state index is 0.301. The molecule has 1 heterocycles. The van der Waals surface area contributed by atoms with E-state index in [9.17, 15) is 5.11 Å². The van der Waals surface area contributed by atoms with Crippen LogP contribution in [0.3, 0.4) is 0 Å². The minimum Gasteiger partial charge on any atom is -0.386 e. The Bertz CT molecular complexity index is 583. The Kier molecular flexibility index (Phi) is 4.26. The van der Waals surface area contributed by atoms with Crippen LogP contribution in [0.1, 0.15) is 26.3 Å². The molecule has 0 aliphatic rings. The fourth-order valence-electron chi connectivity index (χ4n) is 1.79. The Balaban J connectivity index is 2.44. The molecular formula is C15H18ClN3O. The van der Waals surface area contributed by atoms with E-state index >= 15 is 0 Å². The van der Waals surface area contributed by atoms with Gasteiger partial charge in [-0.2, -0.15) is 5.10 Å². The van der Waals surface area contributed by atoms with Crippen molar-refractivity contribution in [2.24, 2.45) is 5.41 Å². The van der Waals surface area contributed by atoms with Crippen molar-refractivity contribution in [2.45, 2.75) is 26.9 Å². The normalized spacial score (nSPS) is 14.3. The fraction of sp³-hybridized carbons (Fsp3) is 0.333. The summed E-state index contributed by atoms with van der Waals surface area (Å²) in [6.07, 6.45) is 4.25. The van der Waals surface area contributed by atoms with Crippen LogP contribution >= 0.6 is 11.6 Å². The van der Waals surface area contributed by atoms with Gasteiger partial charge in [-0.15, -0.1) is 0 Å². The van der Waals surface area contributed by atoms with E-state index in [1.54, 1.807) is 11.0 Å². The second-order valence-electron chi connectivity index (χ2n) is 5.73. The monoisotopic (exact) mass is 291 g/mol. The van der Waals surface area contributed by atoms with Gasteiger partial charge in [0.15, 0.2) is 0 Å². The number of aliphatic hydroxyl groups is 1. The molecule has 1 N–H and O–H groups in total. The molecule has 20 heavy (non-hydrogen) atoms. The molecule has 4 nitrogen and oxygen atoms in total. The standard InChI is InChI=1S/C15H18ClN3O/c1-15(2,3)14(20)13(19-10-17-9-18-19)8-11-4-6-12(16)7-5-11/h4-10,14,20H,1-3H3/b13-8-/t14-/m1/s1. The van der Waals surface area contributed by atoms with Gasteiger partial charge in [-0.05, 0) is 29.2 Å². The topological polar surface area (TPSA) is 50.9 Å². The molecule has 0 amide bonds. The molecule has 106 valence electrons. The number of benzene rings is 1. The Labute approximate surface area is 123 Å². The largest absolute Gasteiger partial charge is 0.386 e. The van der Waals surface area contributed by atoms with E-state index in [0.717, 1.165) is 5.56 Å². The predicted molar refractivity (Wildman–Crippen MR) is 81.1 cm³/mol. The minimum atomic E-state index is -0.667. The van der Waals surface area contributed by atoms with E-state index in [2.05, 4.69) is 10.1 Å². The van der Waals surface area contributed by atoms with E-state index in [4.69, 9.17) is 11.6 Å². The van der Waals surface area contributed by atoms with E-state index in [0.29, 0.717) is 10.7 Å². The third-order valence-corrected chi connectivity index (χ3v) is 3.22. The second kappa shape index (κ2) is 5.77. The van der Waals surface area contributed by atoms with Crippen molar-refractivity contribution in [1.29, 1.82) is 0 Å². The summed E-state index contributed by atoms with van der Waals surface area (Å²) in [6.45, 7) is 5.93. The van der Waals surface area contributed by atoms with Crippen LogP contribution in [0.25, 0.3) is 11.8 Å². The number of rotatable bonds is 3. The highest BCUT2D eigenvalue weighted by atomic mass is 35.5. The van der Waals surface area contributed by atoms with Crippen LogP contribution in [0.2, 0.25) is 5.02 Å². The van der Waals surface area contributed by atoms with Crippen LogP contribution < -0.4 is 0 Å². The molecule has 0 bridgehead atoms. The first-order valence-electron chi connectivity index (χ1n) is 6.38. The average Bonchev–Trinajstić information content (AvgIpc) is 2.90. The first-order chi connectivity index (χ1) is 9.38. The van der Waals surface area contributed by atoms with Crippen molar-refractivity contribution < 1.29 is 5.11 Å². The zero-order valence-electron chi connectivity index (χ0n) is 11.8. The SMILES string of the molecule is CC(C)(C)[C@H](O)/C(=C/c1ccc(Cl)cc1)n1cncn1. The molecule has 1 aromatic heterocycles. The maximum absolute atomic E-state index is 10.6. The summed E-state index contributed by atoms with van der Waals surface area (Å²) in [6, 6.07) is 7.43. The molecule has 0 saturated heterocycles. The third kappa shape index (κ3) is 3.46. The molecule has 0 fully saturated rings. The van der Waals surface area contributed by atoms with Crippen LogP contribution in [0.15, 0.2) is 36.9 Å². The van der Waals surface area contributed by atoms with Gasteiger partial charge in [-0.3, -0.25) is 0 Å². The van der Waals surface area contributed by atoms with E-state index in [1.807, 2.05) is 51.1 Å². The summed E-state index contributed by atoms with van der Waals surface area (Å²) >= 11 is 5.89. The predicted octanol–water partition coefficient (Wildman–Crippen LogP) is 3.34. The molecule has 0 spiro atoms. The van der Waals surface area contributed by atoms with Crippen LogP contribution in [0, 0.1) is 5.41 Å². The van der Waals surface area contributed by atoms with Crippen LogP contribution in [-0.4, -0.2) is 26.0 Å². The molecule has 0 radical (unpaired) electrons. The summed E-state index contributed by atoms with van der Waals surface area (Å²) < 4.78 is 1.59. The molecule has 1 atom stereocenters. The molecule has 2 rings (SSSR count). The van der Waals surface area contributed by atoms with E-state index in [-0.39, 0.29) is 5.41 Å². The van der Waals surface area contributed by atoms with Crippen molar-refractivity contribution in [3.63, 3.8) is 0 Å². The van der Waals surface area contributed by atoms with Crippen LogP contribution in [0.4, 0.5) is 0 Å². The lowest BCUT2D eigenvalue weighted by Crippen LogP contribution is -2.29. The summed E-state index contributed by atoms with van der Waals surface area (Å²) in [5.41, 5.74) is 1.32. The zero-order valence-corrected chi connectivity index (χ0v) is 12.5. The number of nitrogens with zero attached hydrogens (tertiary/aromatic N) is 3. The Morgan fingerprint density at radius 1 is 1.30 bits per heavy atom. The highest BCUT2D eigenvalue weighted by Gasteiger charge is 2.27. The van der Waals surface area contributed by atoms with Gasteiger partial charge in [0.2, 0.25) is 0 Å². The summed E-state index contributed by atoms with van der Waals surface area (Å²) in [5.74, 6) is 0. The van der Waals surface area contributed by atoms with Crippen LogP contribution in [-0.2, 0) is 0 Å². The third-order valence-electron chi connectivity index (χ3n) is 2.97. The Morgan fingerprint density at radius 3 is 2.45 bits per heavy atom. The average molecular weight is 292 g/mol. The molecule has 0 unspecified atom stereocenters. The maximum atomic E-state index is 10.6. The second-order valence-corrected chi connectivity index (χ2v) is 6.17.